The molecule has 0 aliphatic heterocycles. The molecule has 0 atom stereocenters. The third kappa shape index (κ3) is 3.29. The van der Waals surface area contributed by atoms with Crippen LogP contribution in [-0.4, -0.2) is 8.42 Å². The third-order valence-corrected chi connectivity index (χ3v) is 5.02. The van der Waals surface area contributed by atoms with Crippen LogP contribution >= 0.6 is 0 Å². The van der Waals surface area contributed by atoms with Crippen LogP contribution in [0.4, 0.5) is 4.39 Å². The van der Waals surface area contributed by atoms with Crippen molar-refractivity contribution in [3.63, 3.8) is 0 Å². The van der Waals surface area contributed by atoms with Crippen LogP contribution in [0.3, 0.4) is 0 Å². The maximum Gasteiger partial charge on any atom is 0.182 e. The minimum Gasteiger partial charge on any atom is -0.223 e. The fourth-order valence-corrected chi connectivity index (χ4v) is 3.85. The summed E-state index contributed by atoms with van der Waals surface area (Å²) in [6.07, 6.45) is 0. The Morgan fingerprint density at radius 1 is 1.14 bits per heavy atom. The first-order chi connectivity index (χ1) is 9.83. The van der Waals surface area contributed by atoms with Crippen molar-refractivity contribution in [3.05, 3.63) is 64.5 Å². The Hall–Kier alpha value is -2.19. The summed E-state index contributed by atoms with van der Waals surface area (Å²) in [4.78, 5) is 0.209. The van der Waals surface area contributed by atoms with Crippen molar-refractivity contribution < 1.29 is 12.8 Å². The average molecular weight is 303 g/mol. The van der Waals surface area contributed by atoms with E-state index in [0.717, 1.165) is 17.7 Å². The zero-order chi connectivity index (χ0) is 15.6. The Labute approximate surface area is 123 Å². The van der Waals surface area contributed by atoms with Gasteiger partial charge in [-0.05, 0) is 49.2 Å². The summed E-state index contributed by atoms with van der Waals surface area (Å²) in [5.74, 6) is -0.947. The number of hydrogen-bond donors (Lipinski definition) is 0. The van der Waals surface area contributed by atoms with Crippen molar-refractivity contribution in [1.29, 1.82) is 5.26 Å². The predicted molar refractivity (Wildman–Crippen MR) is 77.9 cm³/mol. The van der Waals surface area contributed by atoms with Gasteiger partial charge in [0.25, 0.3) is 0 Å². The molecule has 0 saturated carbocycles. The van der Waals surface area contributed by atoms with Gasteiger partial charge in [-0.1, -0.05) is 17.7 Å². The first kappa shape index (κ1) is 15.2. The van der Waals surface area contributed by atoms with Crippen molar-refractivity contribution >= 4 is 9.84 Å². The first-order valence-corrected chi connectivity index (χ1v) is 7.97. The molecule has 0 aromatic heterocycles. The van der Waals surface area contributed by atoms with Gasteiger partial charge in [-0.2, -0.15) is 5.26 Å². The molecule has 0 N–H and O–H groups in total. The van der Waals surface area contributed by atoms with Crippen LogP contribution in [0.25, 0.3) is 0 Å². The summed E-state index contributed by atoms with van der Waals surface area (Å²) in [6.45, 7) is 3.60. The molecule has 0 fully saturated rings. The second-order valence-electron chi connectivity index (χ2n) is 4.94. The molecular formula is C16H14FNO2S. The molecule has 0 spiro atoms. The lowest BCUT2D eigenvalue weighted by Gasteiger charge is -2.09. The minimum atomic E-state index is -3.63. The number of nitriles is 1. The van der Waals surface area contributed by atoms with E-state index in [1.165, 1.54) is 6.07 Å². The number of rotatable bonds is 3. The smallest absolute Gasteiger partial charge is 0.182 e. The molecule has 2 aromatic carbocycles. The van der Waals surface area contributed by atoms with Gasteiger partial charge in [0.15, 0.2) is 9.84 Å². The molecule has 0 aliphatic rings. The average Bonchev–Trinajstić information content (AvgIpc) is 2.37. The van der Waals surface area contributed by atoms with Gasteiger partial charge in [-0.15, -0.1) is 0 Å². The fraction of sp³-hybridized carbons (Fsp3) is 0.188. The van der Waals surface area contributed by atoms with E-state index in [4.69, 9.17) is 5.26 Å². The van der Waals surface area contributed by atoms with E-state index in [0.29, 0.717) is 5.56 Å². The van der Waals surface area contributed by atoms with Crippen LogP contribution in [0.5, 0.6) is 0 Å². The van der Waals surface area contributed by atoms with Gasteiger partial charge in [0.05, 0.1) is 22.3 Å². The van der Waals surface area contributed by atoms with Crippen LogP contribution in [-0.2, 0) is 15.6 Å². The number of aryl methyl sites for hydroxylation is 2. The highest BCUT2D eigenvalue weighted by Crippen LogP contribution is 2.23. The summed E-state index contributed by atoms with van der Waals surface area (Å²) in [6, 6.07) is 10.5. The summed E-state index contributed by atoms with van der Waals surface area (Å²) in [5.41, 5.74) is 1.96. The second-order valence-corrected chi connectivity index (χ2v) is 6.90. The largest absolute Gasteiger partial charge is 0.223 e. The molecule has 0 radical (unpaired) electrons. The lowest BCUT2D eigenvalue weighted by atomic mass is 10.1. The zero-order valence-electron chi connectivity index (χ0n) is 11.7. The molecule has 0 amide bonds. The van der Waals surface area contributed by atoms with Crippen molar-refractivity contribution in [1.82, 2.24) is 0 Å². The molecule has 0 saturated heterocycles. The number of benzene rings is 2. The summed E-state index contributed by atoms with van der Waals surface area (Å²) in [7, 11) is -3.63. The quantitative estimate of drug-likeness (QED) is 0.874. The van der Waals surface area contributed by atoms with E-state index in [9.17, 15) is 12.8 Å². The number of halogens is 1. The molecule has 2 aromatic rings. The molecule has 0 heterocycles. The highest BCUT2D eigenvalue weighted by atomic mass is 32.2. The molecule has 0 unspecified atom stereocenters. The standard InChI is InChI=1S/C16H14FNO2S/c1-11-3-6-16(12(2)7-11)21(19,20)10-14-8-15(17)5-4-13(14)9-18/h3-8H,10H2,1-2H3. The van der Waals surface area contributed by atoms with Crippen molar-refractivity contribution in [3.8, 4) is 6.07 Å². The SMILES string of the molecule is Cc1ccc(S(=O)(=O)Cc2cc(F)ccc2C#N)c(C)c1. The fourth-order valence-electron chi connectivity index (χ4n) is 2.22. The van der Waals surface area contributed by atoms with Gasteiger partial charge in [-0.3, -0.25) is 0 Å². The molecule has 108 valence electrons. The molecule has 3 nitrogen and oxygen atoms in total. The molecule has 21 heavy (non-hydrogen) atoms. The molecule has 0 bridgehead atoms. The molecule has 0 aliphatic carbocycles. The summed E-state index contributed by atoms with van der Waals surface area (Å²) < 4.78 is 38.3. The van der Waals surface area contributed by atoms with Gasteiger partial charge >= 0.3 is 0 Å². The van der Waals surface area contributed by atoms with E-state index in [-0.39, 0.29) is 16.0 Å². The van der Waals surface area contributed by atoms with E-state index in [1.807, 2.05) is 13.0 Å². The monoisotopic (exact) mass is 303 g/mol. The van der Waals surface area contributed by atoms with E-state index < -0.39 is 21.4 Å². The Morgan fingerprint density at radius 2 is 1.86 bits per heavy atom. The lowest BCUT2D eigenvalue weighted by Crippen LogP contribution is -2.08. The zero-order valence-corrected chi connectivity index (χ0v) is 12.5. The maximum absolute atomic E-state index is 13.3. The van der Waals surface area contributed by atoms with Gasteiger partial charge < -0.3 is 0 Å². The van der Waals surface area contributed by atoms with Crippen LogP contribution in [0, 0.1) is 31.0 Å². The van der Waals surface area contributed by atoms with Gasteiger partial charge in [0, 0.05) is 0 Å². The third-order valence-electron chi connectivity index (χ3n) is 3.20. The number of sulfone groups is 1. The topological polar surface area (TPSA) is 57.9 Å². The van der Waals surface area contributed by atoms with Crippen molar-refractivity contribution in [2.45, 2.75) is 24.5 Å². The van der Waals surface area contributed by atoms with Crippen LogP contribution < -0.4 is 0 Å². The normalized spacial score (nSPS) is 11.1. The first-order valence-electron chi connectivity index (χ1n) is 6.32. The molecule has 5 heteroatoms. The van der Waals surface area contributed by atoms with Crippen LogP contribution in [0.1, 0.15) is 22.3 Å². The Kier molecular flexibility index (Phi) is 4.10. The molecule has 2 rings (SSSR count). The minimum absolute atomic E-state index is 0.171. The van der Waals surface area contributed by atoms with Crippen molar-refractivity contribution in [2.24, 2.45) is 0 Å². The van der Waals surface area contributed by atoms with Gasteiger partial charge in [-0.25, -0.2) is 12.8 Å². The van der Waals surface area contributed by atoms with Crippen molar-refractivity contribution in [2.75, 3.05) is 0 Å². The summed E-state index contributed by atoms with van der Waals surface area (Å²) in [5, 5.41) is 9.00. The Morgan fingerprint density at radius 3 is 2.48 bits per heavy atom. The van der Waals surface area contributed by atoms with E-state index >= 15 is 0 Å². The Bertz CT molecular complexity index is 836. The van der Waals surface area contributed by atoms with E-state index in [2.05, 4.69) is 0 Å². The lowest BCUT2D eigenvalue weighted by molar-refractivity contribution is 0.594. The van der Waals surface area contributed by atoms with Gasteiger partial charge in [0.1, 0.15) is 5.82 Å². The highest BCUT2D eigenvalue weighted by molar-refractivity contribution is 7.90. The van der Waals surface area contributed by atoms with Crippen LogP contribution in [0.15, 0.2) is 41.3 Å². The number of nitrogens with zero attached hydrogens (tertiary/aromatic N) is 1. The number of hydrogen-bond acceptors (Lipinski definition) is 3. The van der Waals surface area contributed by atoms with Crippen LogP contribution in [0.2, 0.25) is 0 Å². The summed E-state index contributed by atoms with van der Waals surface area (Å²) >= 11 is 0. The van der Waals surface area contributed by atoms with E-state index in [1.54, 1.807) is 25.1 Å². The Balaban J connectivity index is 2.47. The second kappa shape index (κ2) is 5.66. The predicted octanol–water partition coefficient (Wildman–Crippen LogP) is 3.29. The highest BCUT2D eigenvalue weighted by Gasteiger charge is 2.20. The maximum atomic E-state index is 13.3. The van der Waals surface area contributed by atoms with Gasteiger partial charge in [0.2, 0.25) is 0 Å². The molecular weight excluding hydrogens is 289 g/mol.